The van der Waals surface area contributed by atoms with Crippen molar-refractivity contribution in [2.24, 2.45) is 0 Å². The van der Waals surface area contributed by atoms with Crippen LogP contribution < -0.4 is 9.62 Å². The minimum Gasteiger partial charge on any atom is -0.346 e. The Kier molecular flexibility index (Phi) is 5.11. The number of benzene rings is 3. The molecule has 0 radical (unpaired) electrons. The molecule has 0 unspecified atom stereocenters. The van der Waals surface area contributed by atoms with Crippen LogP contribution >= 0.6 is 0 Å². The molecular weight excluding hydrogens is 384 g/mol. The van der Waals surface area contributed by atoms with E-state index in [0.29, 0.717) is 24.2 Å². The van der Waals surface area contributed by atoms with E-state index in [4.69, 9.17) is 0 Å². The van der Waals surface area contributed by atoms with Crippen LogP contribution in [0.4, 0.5) is 5.69 Å². The fraction of sp³-hybridized carbons (Fsp3) is 0.174. The van der Waals surface area contributed by atoms with Crippen LogP contribution in [0, 0.1) is 0 Å². The van der Waals surface area contributed by atoms with Gasteiger partial charge in [-0.15, -0.1) is 0 Å². The summed E-state index contributed by atoms with van der Waals surface area (Å²) in [4.78, 5) is 12.8. The van der Waals surface area contributed by atoms with E-state index in [1.807, 2.05) is 61.5 Å². The number of nitrogens with one attached hydrogen (secondary N) is 1. The quantitative estimate of drug-likeness (QED) is 0.698. The molecule has 3 aromatic rings. The number of amides is 1. The van der Waals surface area contributed by atoms with E-state index >= 15 is 0 Å². The molecule has 0 saturated heterocycles. The van der Waals surface area contributed by atoms with Gasteiger partial charge in [-0.2, -0.15) is 0 Å². The van der Waals surface area contributed by atoms with Crippen molar-refractivity contribution in [3.8, 4) is 0 Å². The zero-order chi connectivity index (χ0) is 20.4. The molecule has 1 aliphatic rings. The summed E-state index contributed by atoms with van der Waals surface area (Å²) in [7, 11) is -3.74. The molecule has 0 bridgehead atoms. The average Bonchev–Trinajstić information content (AvgIpc) is 3.19. The van der Waals surface area contributed by atoms with Crippen LogP contribution in [0.2, 0.25) is 0 Å². The number of rotatable bonds is 5. The summed E-state index contributed by atoms with van der Waals surface area (Å²) in [5, 5.41) is 2.93. The van der Waals surface area contributed by atoms with Gasteiger partial charge in [0.2, 0.25) is 0 Å². The fourth-order valence-corrected chi connectivity index (χ4v) is 5.14. The zero-order valence-corrected chi connectivity index (χ0v) is 16.9. The van der Waals surface area contributed by atoms with Gasteiger partial charge in [-0.1, -0.05) is 54.6 Å². The summed E-state index contributed by atoms with van der Waals surface area (Å²) < 4.78 is 27.8. The van der Waals surface area contributed by atoms with Crippen LogP contribution in [0.25, 0.3) is 0 Å². The molecular formula is C23H22N2O3S. The summed E-state index contributed by atoms with van der Waals surface area (Å²) in [5.41, 5.74) is 3.03. The van der Waals surface area contributed by atoms with E-state index in [9.17, 15) is 13.2 Å². The standard InChI is InChI=1S/C23H22N2O3S/c1-17(18-8-3-2-4-9-18)24-23(26)20-11-7-12-21(16-20)29(27,28)25-15-14-19-10-5-6-13-22(19)25/h2-13,16-17H,14-15H2,1H3,(H,24,26)/t17-/m0/s1. The highest BCUT2D eigenvalue weighted by Crippen LogP contribution is 2.32. The molecule has 6 heteroatoms. The van der Waals surface area contributed by atoms with Crippen LogP contribution in [0.5, 0.6) is 0 Å². The Morgan fingerprint density at radius 1 is 0.966 bits per heavy atom. The number of nitrogens with zero attached hydrogens (tertiary/aromatic N) is 1. The number of hydrogen-bond acceptors (Lipinski definition) is 3. The Bertz CT molecular complexity index is 1140. The molecule has 0 fully saturated rings. The minimum atomic E-state index is -3.74. The van der Waals surface area contributed by atoms with Gasteiger partial charge in [-0.3, -0.25) is 9.10 Å². The monoisotopic (exact) mass is 406 g/mol. The summed E-state index contributed by atoms with van der Waals surface area (Å²) in [6, 6.07) is 23.2. The second kappa shape index (κ2) is 7.72. The molecule has 1 heterocycles. The van der Waals surface area contributed by atoms with Crippen LogP contribution in [0.1, 0.15) is 34.5 Å². The molecule has 29 heavy (non-hydrogen) atoms. The lowest BCUT2D eigenvalue weighted by Gasteiger charge is -2.20. The van der Waals surface area contributed by atoms with Crippen LogP contribution in [0.3, 0.4) is 0 Å². The molecule has 1 aliphatic heterocycles. The van der Waals surface area contributed by atoms with Crippen molar-refractivity contribution >= 4 is 21.6 Å². The first-order valence-electron chi connectivity index (χ1n) is 9.53. The van der Waals surface area contributed by atoms with Gasteiger partial charge >= 0.3 is 0 Å². The minimum absolute atomic E-state index is 0.120. The van der Waals surface area contributed by atoms with Crippen LogP contribution in [0.15, 0.2) is 83.8 Å². The molecule has 0 aliphatic carbocycles. The Balaban J connectivity index is 1.58. The lowest BCUT2D eigenvalue weighted by Crippen LogP contribution is -2.30. The third-order valence-corrected chi connectivity index (χ3v) is 6.99. The van der Waals surface area contributed by atoms with E-state index in [1.165, 1.54) is 16.4 Å². The van der Waals surface area contributed by atoms with Gasteiger partial charge in [0.15, 0.2) is 0 Å². The molecule has 148 valence electrons. The number of hydrogen-bond donors (Lipinski definition) is 1. The molecule has 3 aromatic carbocycles. The van der Waals surface area contributed by atoms with Crippen molar-refractivity contribution in [2.75, 3.05) is 10.8 Å². The summed E-state index contributed by atoms with van der Waals surface area (Å²) >= 11 is 0. The first-order valence-corrected chi connectivity index (χ1v) is 11.0. The van der Waals surface area contributed by atoms with Gasteiger partial charge in [0.1, 0.15) is 0 Å². The predicted molar refractivity (Wildman–Crippen MR) is 113 cm³/mol. The van der Waals surface area contributed by atoms with E-state index in [2.05, 4.69) is 5.32 Å². The predicted octanol–water partition coefficient (Wildman–Crippen LogP) is 3.93. The summed E-state index contributed by atoms with van der Waals surface area (Å²) in [5.74, 6) is -0.305. The van der Waals surface area contributed by atoms with Crippen molar-refractivity contribution in [3.05, 3.63) is 95.6 Å². The maximum Gasteiger partial charge on any atom is 0.264 e. The number of carbonyl (C=O) groups is 1. The highest BCUT2D eigenvalue weighted by Gasteiger charge is 2.31. The lowest BCUT2D eigenvalue weighted by molar-refractivity contribution is 0.0939. The Morgan fingerprint density at radius 2 is 1.69 bits per heavy atom. The number of anilines is 1. The maximum atomic E-state index is 13.2. The van der Waals surface area contributed by atoms with Crippen molar-refractivity contribution in [3.63, 3.8) is 0 Å². The lowest BCUT2D eigenvalue weighted by atomic mass is 10.1. The largest absolute Gasteiger partial charge is 0.346 e. The molecule has 1 N–H and O–H groups in total. The molecule has 4 rings (SSSR count). The Morgan fingerprint density at radius 3 is 2.48 bits per heavy atom. The fourth-order valence-electron chi connectivity index (χ4n) is 3.59. The highest BCUT2D eigenvalue weighted by atomic mass is 32.2. The molecule has 5 nitrogen and oxygen atoms in total. The van der Waals surface area contributed by atoms with Gasteiger partial charge in [0.25, 0.3) is 15.9 Å². The van der Waals surface area contributed by atoms with Crippen molar-refractivity contribution < 1.29 is 13.2 Å². The third-order valence-electron chi connectivity index (χ3n) is 5.18. The van der Waals surface area contributed by atoms with Crippen LogP contribution in [-0.2, 0) is 16.4 Å². The number of para-hydroxylation sites is 1. The third kappa shape index (κ3) is 3.76. The summed E-state index contributed by atoms with van der Waals surface area (Å²) in [6.07, 6.45) is 0.685. The maximum absolute atomic E-state index is 13.2. The first kappa shape index (κ1) is 19.2. The second-order valence-corrected chi connectivity index (χ2v) is 8.95. The van der Waals surface area contributed by atoms with E-state index in [-0.39, 0.29) is 16.8 Å². The summed E-state index contributed by atoms with van der Waals surface area (Å²) in [6.45, 7) is 2.30. The van der Waals surface area contributed by atoms with Gasteiger partial charge in [0, 0.05) is 12.1 Å². The van der Waals surface area contributed by atoms with Gasteiger partial charge < -0.3 is 5.32 Å². The van der Waals surface area contributed by atoms with Crippen molar-refractivity contribution in [1.82, 2.24) is 5.32 Å². The van der Waals surface area contributed by atoms with Crippen LogP contribution in [-0.4, -0.2) is 20.9 Å². The van der Waals surface area contributed by atoms with Crippen molar-refractivity contribution in [1.29, 1.82) is 0 Å². The molecule has 1 atom stereocenters. The number of carbonyl (C=O) groups excluding carboxylic acids is 1. The van der Waals surface area contributed by atoms with Gasteiger partial charge in [0.05, 0.1) is 16.6 Å². The Hall–Kier alpha value is -3.12. The second-order valence-electron chi connectivity index (χ2n) is 7.09. The van der Waals surface area contributed by atoms with E-state index in [1.54, 1.807) is 12.1 Å². The van der Waals surface area contributed by atoms with E-state index in [0.717, 1.165) is 11.1 Å². The average molecular weight is 407 g/mol. The first-order chi connectivity index (χ1) is 14.0. The molecule has 0 saturated carbocycles. The van der Waals surface area contributed by atoms with Gasteiger partial charge in [-0.05, 0) is 48.7 Å². The van der Waals surface area contributed by atoms with Gasteiger partial charge in [-0.25, -0.2) is 8.42 Å². The molecule has 0 aromatic heterocycles. The normalized spacial score (nSPS) is 14.3. The Labute approximate surface area is 171 Å². The molecule has 1 amide bonds. The molecule has 0 spiro atoms. The van der Waals surface area contributed by atoms with E-state index < -0.39 is 10.0 Å². The van der Waals surface area contributed by atoms with Crippen molar-refractivity contribution in [2.45, 2.75) is 24.3 Å². The highest BCUT2D eigenvalue weighted by molar-refractivity contribution is 7.92. The SMILES string of the molecule is C[C@H](NC(=O)c1cccc(S(=O)(=O)N2CCc3ccccc32)c1)c1ccccc1. The smallest absolute Gasteiger partial charge is 0.264 e. The number of sulfonamides is 1. The number of fused-ring (bicyclic) bond motifs is 1. The topological polar surface area (TPSA) is 66.5 Å². The zero-order valence-electron chi connectivity index (χ0n) is 16.1.